The van der Waals surface area contributed by atoms with Crippen LogP contribution >= 0.6 is 0 Å². The Balaban J connectivity index is 1.53. The summed E-state index contributed by atoms with van der Waals surface area (Å²) in [5.74, 6) is -0.988. The molecule has 0 radical (unpaired) electrons. The van der Waals surface area contributed by atoms with Crippen LogP contribution in [-0.2, 0) is 33.3 Å². The summed E-state index contributed by atoms with van der Waals surface area (Å²) in [5, 5.41) is 0. The van der Waals surface area contributed by atoms with Crippen LogP contribution in [0.3, 0.4) is 0 Å². The molecule has 254 valence electrons. The van der Waals surface area contributed by atoms with E-state index in [9.17, 15) is 9.59 Å². The lowest BCUT2D eigenvalue weighted by molar-refractivity contribution is -0.175. The van der Waals surface area contributed by atoms with E-state index in [1.807, 2.05) is 13.8 Å². The summed E-state index contributed by atoms with van der Waals surface area (Å²) in [6.45, 7) is 12.7. The van der Waals surface area contributed by atoms with Gasteiger partial charge in [0.1, 0.15) is 12.2 Å². The third-order valence-corrected chi connectivity index (χ3v) is 11.3. The van der Waals surface area contributed by atoms with Gasteiger partial charge in [0.2, 0.25) is 0 Å². The fraction of sp³-hybridized carbons (Fsp3) is 0.944. The average molecular weight is 622 g/mol. The van der Waals surface area contributed by atoms with Crippen LogP contribution in [0.25, 0.3) is 0 Å². The zero-order valence-electron chi connectivity index (χ0n) is 29.0. The lowest BCUT2D eigenvalue weighted by Gasteiger charge is -2.37. The van der Waals surface area contributed by atoms with Gasteiger partial charge in [-0.15, -0.1) is 0 Å². The summed E-state index contributed by atoms with van der Waals surface area (Å²) in [5.41, 5.74) is 0. The predicted octanol–water partition coefficient (Wildman–Crippen LogP) is 6.71. The Morgan fingerprint density at radius 1 is 0.795 bits per heavy atom. The van der Waals surface area contributed by atoms with Gasteiger partial charge in [-0.3, -0.25) is 9.59 Å². The first-order chi connectivity index (χ1) is 21.1. The molecule has 4 aliphatic heterocycles. The first-order valence-electron chi connectivity index (χ1n) is 18.1. The molecule has 0 amide bonds. The predicted molar refractivity (Wildman–Crippen MR) is 171 cm³/mol. The number of hydrogen-bond donors (Lipinski definition) is 0. The molecule has 0 N–H and O–H groups in total. The van der Waals surface area contributed by atoms with Crippen molar-refractivity contribution < 1.29 is 33.3 Å². The van der Waals surface area contributed by atoms with Crippen molar-refractivity contribution in [1.82, 2.24) is 4.90 Å². The molecular formula is C36H63NO7. The topological polar surface area (TPSA) is 83.5 Å². The van der Waals surface area contributed by atoms with Crippen LogP contribution in [0.1, 0.15) is 125 Å². The Bertz CT molecular complexity index is 913. The van der Waals surface area contributed by atoms with Crippen molar-refractivity contribution in [2.24, 2.45) is 23.7 Å². The second-order valence-electron chi connectivity index (χ2n) is 14.7. The van der Waals surface area contributed by atoms with E-state index in [2.05, 4.69) is 46.7 Å². The first kappa shape index (κ1) is 35.6. The fourth-order valence-electron chi connectivity index (χ4n) is 8.35. The van der Waals surface area contributed by atoms with Gasteiger partial charge < -0.3 is 28.6 Å². The second kappa shape index (κ2) is 16.6. The quantitative estimate of drug-likeness (QED) is 0.249. The molecule has 0 aromatic heterocycles. The van der Waals surface area contributed by atoms with E-state index < -0.39 is 0 Å². The molecule has 0 saturated carbocycles. The molecule has 0 unspecified atom stereocenters. The van der Waals surface area contributed by atoms with Crippen molar-refractivity contribution in [2.75, 3.05) is 14.1 Å². The van der Waals surface area contributed by atoms with Gasteiger partial charge in [0.05, 0.1) is 48.5 Å². The largest absolute Gasteiger partial charge is 0.462 e. The number of carbonyl (C=O) groups is 2. The van der Waals surface area contributed by atoms with Gasteiger partial charge in [-0.25, -0.2) is 0 Å². The number of esters is 2. The van der Waals surface area contributed by atoms with Crippen LogP contribution in [0.4, 0.5) is 0 Å². The highest BCUT2D eigenvalue weighted by molar-refractivity contribution is 5.73. The molecule has 4 fully saturated rings. The Hall–Kier alpha value is -1.22. The van der Waals surface area contributed by atoms with Gasteiger partial charge in [-0.05, 0) is 85.2 Å². The first-order valence-corrected chi connectivity index (χ1v) is 18.1. The van der Waals surface area contributed by atoms with Gasteiger partial charge in [0, 0.05) is 24.3 Å². The second-order valence-corrected chi connectivity index (χ2v) is 14.7. The number of nitrogens with zero attached hydrogens (tertiary/aromatic N) is 1. The number of carbonyl (C=O) groups excluding carboxylic acids is 2. The van der Waals surface area contributed by atoms with Gasteiger partial charge in [-0.1, -0.05) is 47.5 Å². The standard InChI is InChI=1S/C36H63NO7/c1-9-12-25(37(7)8)20-27-14-16-30(40-27)22(4)34-23(5)31-18-19-33(43-31)29(11-3)36(39)42-26(13-10-2)21-28-15-17-32(41-28)24(6)35(38)44-34/h22-34H,9-21H2,1-8H3/t22-,23+,24-,25+,26-,27-,28-,29+,30+,31-,32+,33+,34-/m0/s1. The minimum absolute atomic E-state index is 0.0177. The minimum atomic E-state index is -0.365. The number of rotatable bonds is 10. The van der Waals surface area contributed by atoms with E-state index in [0.717, 1.165) is 70.6 Å². The molecule has 4 heterocycles. The van der Waals surface area contributed by atoms with Crippen LogP contribution in [-0.4, -0.2) is 85.8 Å². The van der Waals surface area contributed by atoms with E-state index >= 15 is 0 Å². The summed E-state index contributed by atoms with van der Waals surface area (Å²) in [6, 6.07) is 0.508. The lowest BCUT2D eigenvalue weighted by Crippen LogP contribution is -2.44. The molecule has 44 heavy (non-hydrogen) atoms. The molecule has 0 aliphatic carbocycles. The molecule has 13 atom stereocenters. The van der Waals surface area contributed by atoms with E-state index in [-0.39, 0.29) is 84.4 Å². The molecule has 4 rings (SSSR count). The maximum Gasteiger partial charge on any atom is 0.311 e. The molecule has 0 spiro atoms. The van der Waals surface area contributed by atoms with E-state index in [1.54, 1.807) is 0 Å². The lowest BCUT2D eigenvalue weighted by atomic mass is 9.84. The highest BCUT2D eigenvalue weighted by Crippen LogP contribution is 2.40. The van der Waals surface area contributed by atoms with Gasteiger partial charge in [0.25, 0.3) is 0 Å². The number of hydrogen-bond acceptors (Lipinski definition) is 8. The number of fused-ring (bicyclic) bond motifs is 4. The number of ether oxygens (including phenoxy) is 5. The maximum absolute atomic E-state index is 13.8. The van der Waals surface area contributed by atoms with Crippen molar-refractivity contribution in [3.05, 3.63) is 0 Å². The molecule has 0 aromatic carbocycles. The molecule has 0 aromatic rings. The SMILES string of the molecule is CCC[C@H]1C[C@@H]2CC[C@@H](O2)[C@H](C)C(=O)O[C@@H]([C@@H](C)[C@H]2CC[C@@H](C[C@@H](CCC)N(C)C)O2)[C@H](C)[C@@H]2CC[C@@H](O2)[C@@H](CC)C(=O)O1. The summed E-state index contributed by atoms with van der Waals surface area (Å²) >= 11 is 0. The van der Waals surface area contributed by atoms with Crippen molar-refractivity contribution >= 4 is 11.9 Å². The van der Waals surface area contributed by atoms with Crippen LogP contribution in [0.15, 0.2) is 0 Å². The molecule has 4 bridgehead atoms. The fourth-order valence-corrected chi connectivity index (χ4v) is 8.35. The molecular weight excluding hydrogens is 558 g/mol. The van der Waals surface area contributed by atoms with Crippen molar-refractivity contribution in [3.8, 4) is 0 Å². The normalized spacial score (nSPS) is 40.2. The molecule has 8 heteroatoms. The highest BCUT2D eigenvalue weighted by Gasteiger charge is 2.46. The monoisotopic (exact) mass is 621 g/mol. The average Bonchev–Trinajstić information content (AvgIpc) is 3.76. The zero-order chi connectivity index (χ0) is 32.0. The molecule has 8 nitrogen and oxygen atoms in total. The van der Waals surface area contributed by atoms with Crippen LogP contribution in [0.2, 0.25) is 0 Å². The Kier molecular flexibility index (Phi) is 13.4. The van der Waals surface area contributed by atoms with Gasteiger partial charge in [-0.2, -0.15) is 0 Å². The maximum atomic E-state index is 13.8. The highest BCUT2D eigenvalue weighted by atomic mass is 16.6. The Morgan fingerprint density at radius 2 is 1.52 bits per heavy atom. The van der Waals surface area contributed by atoms with Crippen molar-refractivity contribution in [2.45, 2.75) is 180 Å². The van der Waals surface area contributed by atoms with E-state index in [1.165, 1.54) is 0 Å². The third-order valence-electron chi connectivity index (χ3n) is 11.3. The third kappa shape index (κ3) is 8.77. The molecule has 4 saturated heterocycles. The van der Waals surface area contributed by atoms with E-state index in [0.29, 0.717) is 18.9 Å². The summed E-state index contributed by atoms with van der Waals surface area (Å²) < 4.78 is 32.5. The van der Waals surface area contributed by atoms with E-state index in [4.69, 9.17) is 23.7 Å². The van der Waals surface area contributed by atoms with Crippen LogP contribution in [0.5, 0.6) is 0 Å². The molecule has 4 aliphatic rings. The minimum Gasteiger partial charge on any atom is -0.462 e. The summed E-state index contributed by atoms with van der Waals surface area (Å²) in [6.07, 6.45) is 11.1. The van der Waals surface area contributed by atoms with Gasteiger partial charge >= 0.3 is 11.9 Å². The number of cyclic esters (lactones) is 2. The van der Waals surface area contributed by atoms with Gasteiger partial charge in [0.15, 0.2) is 0 Å². The van der Waals surface area contributed by atoms with Crippen LogP contribution < -0.4 is 0 Å². The Morgan fingerprint density at radius 3 is 2.20 bits per heavy atom. The van der Waals surface area contributed by atoms with Crippen molar-refractivity contribution in [3.63, 3.8) is 0 Å². The van der Waals surface area contributed by atoms with Crippen LogP contribution in [0, 0.1) is 23.7 Å². The van der Waals surface area contributed by atoms with Crippen molar-refractivity contribution in [1.29, 1.82) is 0 Å². The zero-order valence-corrected chi connectivity index (χ0v) is 29.0. The Labute approximate surface area is 267 Å². The summed E-state index contributed by atoms with van der Waals surface area (Å²) in [4.78, 5) is 29.6. The summed E-state index contributed by atoms with van der Waals surface area (Å²) in [7, 11) is 4.32. The smallest absolute Gasteiger partial charge is 0.311 e.